The van der Waals surface area contributed by atoms with Gasteiger partial charge in [-0.1, -0.05) is 18.2 Å². The third-order valence-electron chi connectivity index (χ3n) is 3.77. The molecule has 0 amide bonds. The number of fused-ring (bicyclic) bond motifs is 4. The zero-order chi connectivity index (χ0) is 13.0. The van der Waals surface area contributed by atoms with E-state index in [4.69, 9.17) is 5.73 Å². The van der Waals surface area contributed by atoms with Gasteiger partial charge in [-0.2, -0.15) is 0 Å². The summed E-state index contributed by atoms with van der Waals surface area (Å²) in [6.45, 7) is 0. The minimum absolute atomic E-state index is 0.0174. The Hall–Kier alpha value is -2.55. The Balaban J connectivity index is 2.29. The number of nitrogens with two attached hydrogens (primary N) is 1. The predicted molar refractivity (Wildman–Crippen MR) is 75.7 cm³/mol. The number of hydrogen-bond acceptors (Lipinski definition) is 2. The Kier molecular flexibility index (Phi) is 1.90. The van der Waals surface area contributed by atoms with Gasteiger partial charge >= 0.3 is 0 Å². The average Bonchev–Trinajstić information content (AvgIpc) is 2.77. The summed E-state index contributed by atoms with van der Waals surface area (Å²) in [6, 6.07) is 5.78. The van der Waals surface area contributed by atoms with E-state index in [2.05, 4.69) is 17.1 Å². The molecule has 3 nitrogen and oxygen atoms in total. The summed E-state index contributed by atoms with van der Waals surface area (Å²) in [5, 5.41) is 3.83. The first-order chi connectivity index (χ1) is 9.24. The van der Waals surface area contributed by atoms with Gasteiger partial charge in [0.25, 0.3) is 5.56 Å². The fraction of sp³-hybridized carbons (Fsp3) is 0.0625. The first kappa shape index (κ1) is 10.4. The average molecular weight is 248 g/mol. The molecule has 0 bridgehead atoms. The molecule has 0 spiro atoms. The van der Waals surface area contributed by atoms with Crippen LogP contribution < -0.4 is 21.7 Å². The molecule has 0 unspecified atom stereocenters. The Morgan fingerprint density at radius 2 is 2.16 bits per heavy atom. The van der Waals surface area contributed by atoms with E-state index < -0.39 is 0 Å². The molecular weight excluding hydrogens is 236 g/mol. The van der Waals surface area contributed by atoms with Gasteiger partial charge in [-0.3, -0.25) is 4.79 Å². The highest BCUT2D eigenvalue weighted by atomic mass is 16.1. The lowest BCUT2D eigenvalue weighted by Gasteiger charge is -2.06. The quantitative estimate of drug-likeness (QED) is 0.561. The molecule has 3 heteroatoms. The number of allylic oxidation sites excluding steroid dienone is 2. The summed E-state index contributed by atoms with van der Waals surface area (Å²) in [5.41, 5.74) is 8.78. The Morgan fingerprint density at radius 3 is 3.05 bits per heavy atom. The summed E-state index contributed by atoms with van der Waals surface area (Å²) in [4.78, 5) is 15.1. The Morgan fingerprint density at radius 1 is 1.26 bits per heavy atom. The molecule has 0 saturated carbocycles. The lowest BCUT2D eigenvalue weighted by Crippen LogP contribution is -2.33. The molecule has 2 aromatic rings. The number of anilines is 1. The van der Waals surface area contributed by atoms with Gasteiger partial charge in [0.1, 0.15) is 0 Å². The van der Waals surface area contributed by atoms with Crippen LogP contribution in [0.2, 0.25) is 0 Å². The number of benzene rings is 1. The highest BCUT2D eigenvalue weighted by Gasteiger charge is 2.12. The summed E-state index contributed by atoms with van der Waals surface area (Å²) >= 11 is 0. The third-order valence-corrected chi connectivity index (χ3v) is 3.77. The second-order valence-corrected chi connectivity index (χ2v) is 4.92. The molecule has 1 heterocycles. The van der Waals surface area contributed by atoms with E-state index in [0.717, 1.165) is 44.2 Å². The highest BCUT2D eigenvalue weighted by molar-refractivity contribution is 5.62. The van der Waals surface area contributed by atoms with Crippen molar-refractivity contribution >= 4 is 17.8 Å². The van der Waals surface area contributed by atoms with Crippen LogP contribution in [0.5, 0.6) is 0 Å². The van der Waals surface area contributed by atoms with Gasteiger partial charge in [-0.15, -0.1) is 0 Å². The summed E-state index contributed by atoms with van der Waals surface area (Å²) < 4.78 is 0. The predicted octanol–water partition coefficient (Wildman–Crippen LogP) is 0.279. The lowest BCUT2D eigenvalue weighted by molar-refractivity contribution is 1.07. The second kappa shape index (κ2) is 3.48. The van der Waals surface area contributed by atoms with Gasteiger partial charge in [-0.05, 0) is 41.5 Å². The number of pyridine rings is 1. The van der Waals surface area contributed by atoms with E-state index >= 15 is 0 Å². The van der Waals surface area contributed by atoms with Crippen molar-refractivity contribution in [2.75, 3.05) is 5.73 Å². The van der Waals surface area contributed by atoms with E-state index in [1.807, 2.05) is 30.4 Å². The van der Waals surface area contributed by atoms with Crippen LogP contribution in [0.15, 0.2) is 35.1 Å². The van der Waals surface area contributed by atoms with Gasteiger partial charge in [0.15, 0.2) is 0 Å². The maximum absolute atomic E-state index is 12.1. The number of nitrogens with one attached hydrogen (secondary N) is 1. The summed E-state index contributed by atoms with van der Waals surface area (Å²) in [6.07, 6.45) is 8.81. The van der Waals surface area contributed by atoms with Crippen LogP contribution in [0.25, 0.3) is 12.2 Å². The molecule has 0 atom stereocenters. The van der Waals surface area contributed by atoms with Gasteiger partial charge < -0.3 is 10.7 Å². The second-order valence-electron chi connectivity index (χ2n) is 4.92. The SMILES string of the molecule is Nc1ccc2c(c1)=Cc1c3c(c(=O)[nH]c1=2)=CC=CC3. The van der Waals surface area contributed by atoms with Gasteiger partial charge in [0.05, 0.1) is 5.35 Å². The standard InChI is InChI=1S/C16H12N2O/c17-10-5-6-11-9(7-10)8-14-12-3-1-2-4-13(12)16(19)18-15(11)14/h1-2,4-8H,3,17H2,(H,18,19). The van der Waals surface area contributed by atoms with Crippen LogP contribution in [0.1, 0.15) is 11.1 Å². The lowest BCUT2D eigenvalue weighted by atomic mass is 10.0. The van der Waals surface area contributed by atoms with Crippen LogP contribution in [0.3, 0.4) is 0 Å². The van der Waals surface area contributed by atoms with Gasteiger partial charge in [0.2, 0.25) is 0 Å². The fourth-order valence-corrected chi connectivity index (χ4v) is 2.88. The van der Waals surface area contributed by atoms with E-state index in [0.29, 0.717) is 0 Å². The van der Waals surface area contributed by atoms with Crippen molar-refractivity contribution in [3.63, 3.8) is 0 Å². The first-order valence-corrected chi connectivity index (χ1v) is 6.28. The van der Waals surface area contributed by atoms with Crippen molar-refractivity contribution in [2.24, 2.45) is 0 Å². The monoisotopic (exact) mass is 248 g/mol. The van der Waals surface area contributed by atoms with Crippen molar-refractivity contribution in [3.05, 3.63) is 72.8 Å². The number of hydrogen-bond donors (Lipinski definition) is 2. The number of H-pyrrole nitrogens is 1. The van der Waals surface area contributed by atoms with Crippen LogP contribution in [-0.2, 0) is 6.42 Å². The topological polar surface area (TPSA) is 58.9 Å². The zero-order valence-corrected chi connectivity index (χ0v) is 10.2. The van der Waals surface area contributed by atoms with Crippen molar-refractivity contribution < 1.29 is 0 Å². The van der Waals surface area contributed by atoms with E-state index in [-0.39, 0.29) is 5.56 Å². The Labute approximate surface area is 108 Å². The first-order valence-electron chi connectivity index (χ1n) is 6.28. The molecule has 92 valence electrons. The van der Waals surface area contributed by atoms with Crippen molar-refractivity contribution in [3.8, 4) is 0 Å². The van der Waals surface area contributed by atoms with E-state index in [1.165, 1.54) is 0 Å². The molecule has 4 rings (SSSR count). The van der Waals surface area contributed by atoms with Crippen molar-refractivity contribution in [1.82, 2.24) is 4.98 Å². The zero-order valence-electron chi connectivity index (χ0n) is 10.2. The molecule has 19 heavy (non-hydrogen) atoms. The third kappa shape index (κ3) is 1.35. The number of aromatic nitrogens is 1. The van der Waals surface area contributed by atoms with Crippen LogP contribution in [0.4, 0.5) is 5.69 Å². The normalized spacial score (nSPS) is 14.1. The van der Waals surface area contributed by atoms with Gasteiger partial charge in [-0.25, -0.2) is 0 Å². The fourth-order valence-electron chi connectivity index (χ4n) is 2.88. The molecule has 0 fully saturated rings. The molecule has 0 saturated heterocycles. The smallest absolute Gasteiger partial charge is 0.256 e. The number of nitrogen functional groups attached to an aromatic ring is 1. The van der Waals surface area contributed by atoms with Crippen LogP contribution in [-0.4, -0.2) is 4.98 Å². The molecule has 3 N–H and O–H groups in total. The summed E-state index contributed by atoms with van der Waals surface area (Å²) in [7, 11) is 0. The summed E-state index contributed by atoms with van der Waals surface area (Å²) in [5.74, 6) is 0. The van der Waals surface area contributed by atoms with Crippen molar-refractivity contribution in [1.29, 1.82) is 0 Å². The minimum atomic E-state index is -0.0174. The molecular formula is C16H12N2O. The molecule has 2 aliphatic rings. The number of aromatic amines is 1. The highest BCUT2D eigenvalue weighted by Crippen LogP contribution is 2.13. The maximum Gasteiger partial charge on any atom is 0.256 e. The molecule has 2 aliphatic carbocycles. The molecule has 1 aromatic heterocycles. The Bertz CT molecular complexity index is 1010. The van der Waals surface area contributed by atoms with E-state index in [1.54, 1.807) is 0 Å². The van der Waals surface area contributed by atoms with Gasteiger partial charge in [0, 0.05) is 21.7 Å². The largest absolute Gasteiger partial charge is 0.399 e. The molecule has 0 radical (unpaired) electrons. The minimum Gasteiger partial charge on any atom is -0.399 e. The van der Waals surface area contributed by atoms with E-state index in [9.17, 15) is 4.79 Å². The van der Waals surface area contributed by atoms with Crippen LogP contribution in [0, 0.1) is 10.6 Å². The van der Waals surface area contributed by atoms with Crippen LogP contribution >= 0.6 is 0 Å². The molecule has 1 aromatic carbocycles. The molecule has 0 aliphatic heterocycles. The number of rotatable bonds is 0. The van der Waals surface area contributed by atoms with Crippen molar-refractivity contribution in [2.45, 2.75) is 6.42 Å². The maximum atomic E-state index is 12.1.